The molecular formula is C28H27N3O5. The summed E-state index contributed by atoms with van der Waals surface area (Å²) in [4.78, 5) is 16.6. The van der Waals surface area contributed by atoms with Gasteiger partial charge in [-0.1, -0.05) is 18.2 Å². The number of anilines is 2. The second kappa shape index (κ2) is 9.56. The number of nitrogens with zero attached hydrogens (tertiary/aromatic N) is 1. The van der Waals surface area contributed by atoms with E-state index in [9.17, 15) is 9.90 Å². The molecule has 3 N–H and O–H groups in total. The molecule has 0 bridgehead atoms. The monoisotopic (exact) mass is 485 g/mol. The van der Waals surface area contributed by atoms with Crippen molar-refractivity contribution in [3.63, 3.8) is 0 Å². The Hall–Kier alpha value is -4.01. The number of H-pyrrole nitrogens is 1. The Labute approximate surface area is 208 Å². The fourth-order valence-electron chi connectivity index (χ4n) is 4.86. The molecule has 1 unspecified atom stereocenters. The van der Waals surface area contributed by atoms with Gasteiger partial charge in [0.25, 0.3) is 0 Å². The lowest BCUT2D eigenvalue weighted by atomic mass is 9.95. The number of aliphatic hydroxyl groups is 1. The number of fused-ring (bicyclic) bond motifs is 2. The van der Waals surface area contributed by atoms with Crippen LogP contribution in [-0.2, 0) is 24.3 Å². The first-order valence-corrected chi connectivity index (χ1v) is 12.1. The first kappa shape index (κ1) is 22.5. The quantitative estimate of drug-likeness (QED) is 0.329. The summed E-state index contributed by atoms with van der Waals surface area (Å²) < 4.78 is 18.1. The van der Waals surface area contributed by atoms with Crippen molar-refractivity contribution in [3.05, 3.63) is 105 Å². The van der Waals surface area contributed by atoms with Gasteiger partial charge in [-0.05, 0) is 42.0 Å². The van der Waals surface area contributed by atoms with E-state index < -0.39 is 0 Å². The summed E-state index contributed by atoms with van der Waals surface area (Å²) in [5.74, 6) is 3.02. The number of aromatic nitrogens is 1. The van der Waals surface area contributed by atoms with Crippen LogP contribution in [0.15, 0.2) is 76.1 Å². The Balaban J connectivity index is 1.19. The van der Waals surface area contributed by atoms with Crippen LogP contribution in [0.5, 0.6) is 11.5 Å². The highest BCUT2D eigenvalue weighted by Crippen LogP contribution is 2.43. The number of hydrogen-bond donors (Lipinski definition) is 3. The molecule has 0 saturated carbocycles. The van der Waals surface area contributed by atoms with Crippen molar-refractivity contribution in [1.29, 1.82) is 0 Å². The summed E-state index contributed by atoms with van der Waals surface area (Å²) in [7, 11) is 0. The minimum Gasteiger partial charge on any atom is -0.462 e. The van der Waals surface area contributed by atoms with Gasteiger partial charge in [-0.2, -0.15) is 0 Å². The Morgan fingerprint density at radius 1 is 1.06 bits per heavy atom. The van der Waals surface area contributed by atoms with E-state index in [0.29, 0.717) is 25.5 Å². The molecule has 2 aromatic carbocycles. The van der Waals surface area contributed by atoms with Crippen molar-refractivity contribution in [3.8, 4) is 11.5 Å². The molecule has 8 heteroatoms. The third kappa shape index (κ3) is 4.48. The van der Waals surface area contributed by atoms with Crippen molar-refractivity contribution >= 4 is 11.4 Å². The van der Waals surface area contributed by atoms with Crippen LogP contribution in [0, 0.1) is 0 Å². The van der Waals surface area contributed by atoms with E-state index in [0.717, 1.165) is 58.3 Å². The largest absolute Gasteiger partial charge is 0.462 e. The minimum atomic E-state index is -0.160. The molecular weight excluding hydrogens is 458 g/mol. The zero-order valence-electron chi connectivity index (χ0n) is 19.7. The van der Waals surface area contributed by atoms with Crippen molar-refractivity contribution in [2.24, 2.45) is 0 Å². The molecule has 0 spiro atoms. The molecule has 36 heavy (non-hydrogen) atoms. The number of benzene rings is 2. The lowest BCUT2D eigenvalue weighted by molar-refractivity contribution is 0.0384. The fraction of sp³-hybridized carbons (Fsp3) is 0.250. The predicted molar refractivity (Wildman–Crippen MR) is 136 cm³/mol. The number of hydrogen-bond acceptors (Lipinski definition) is 7. The van der Waals surface area contributed by atoms with Crippen LogP contribution >= 0.6 is 0 Å². The van der Waals surface area contributed by atoms with Crippen molar-refractivity contribution in [1.82, 2.24) is 4.98 Å². The molecule has 1 fully saturated rings. The maximum atomic E-state index is 11.8. The predicted octanol–water partition coefficient (Wildman–Crippen LogP) is 4.35. The second-order valence-electron chi connectivity index (χ2n) is 9.03. The molecule has 1 saturated heterocycles. The van der Waals surface area contributed by atoms with Crippen LogP contribution in [0.1, 0.15) is 34.3 Å². The van der Waals surface area contributed by atoms with E-state index in [2.05, 4.69) is 39.5 Å². The van der Waals surface area contributed by atoms with Gasteiger partial charge in [0.05, 0.1) is 13.2 Å². The van der Waals surface area contributed by atoms with E-state index in [-0.39, 0.29) is 18.3 Å². The van der Waals surface area contributed by atoms with Gasteiger partial charge in [0.1, 0.15) is 35.7 Å². The van der Waals surface area contributed by atoms with Gasteiger partial charge < -0.3 is 34.2 Å². The molecule has 2 aliphatic rings. The molecule has 2 aromatic heterocycles. The third-order valence-electron chi connectivity index (χ3n) is 6.66. The number of morpholine rings is 1. The number of aromatic amines is 1. The van der Waals surface area contributed by atoms with Crippen molar-refractivity contribution < 1.29 is 19.0 Å². The summed E-state index contributed by atoms with van der Waals surface area (Å²) >= 11 is 0. The minimum absolute atomic E-state index is 0.104. The van der Waals surface area contributed by atoms with E-state index in [1.54, 1.807) is 18.3 Å². The fourth-order valence-corrected chi connectivity index (χ4v) is 4.86. The Kier molecular flexibility index (Phi) is 5.96. The second-order valence-corrected chi connectivity index (χ2v) is 9.03. The Morgan fingerprint density at radius 3 is 2.83 bits per heavy atom. The summed E-state index contributed by atoms with van der Waals surface area (Å²) in [5, 5.41) is 12.6. The highest BCUT2D eigenvalue weighted by molar-refractivity contribution is 5.59. The number of aliphatic hydroxyl groups excluding tert-OH is 1. The smallest absolute Gasteiger partial charge is 0.249 e. The van der Waals surface area contributed by atoms with Gasteiger partial charge in [0.15, 0.2) is 0 Å². The average molecular weight is 486 g/mol. The lowest BCUT2D eigenvalue weighted by Gasteiger charge is -2.36. The standard InChI is InChI=1S/C28H27N3O5/c32-17-23-6-5-22(35-23)15-30-20-4-7-25-19(13-20)12-18-2-1-3-24(28(18)36-25)26-16-31(10-11-34-26)21-8-9-29-27(33)14-21/h1-9,13-14,26,30,32H,10-12,15-17H2,(H,29,33). The maximum absolute atomic E-state index is 11.8. The SMILES string of the molecule is O=c1cc(N2CCOC(c3cccc4c3Oc3ccc(NCc5ccc(CO)o5)cc3C4)C2)cc[nH]1. The average Bonchev–Trinajstić information content (AvgIpc) is 3.38. The number of pyridine rings is 1. The van der Waals surface area contributed by atoms with Gasteiger partial charge in [-0.25, -0.2) is 0 Å². The molecule has 8 nitrogen and oxygen atoms in total. The first-order chi connectivity index (χ1) is 17.7. The van der Waals surface area contributed by atoms with Gasteiger partial charge in [-0.3, -0.25) is 4.79 Å². The molecule has 1 atom stereocenters. The summed E-state index contributed by atoms with van der Waals surface area (Å²) in [6.07, 6.45) is 2.28. The molecule has 2 aliphatic heterocycles. The van der Waals surface area contributed by atoms with Crippen LogP contribution < -0.4 is 20.5 Å². The topological polar surface area (TPSA) is 100.0 Å². The van der Waals surface area contributed by atoms with Gasteiger partial charge in [-0.15, -0.1) is 0 Å². The molecule has 0 radical (unpaired) electrons. The number of ether oxygens (including phenoxy) is 2. The molecule has 0 amide bonds. The summed E-state index contributed by atoms with van der Waals surface area (Å²) in [5.41, 5.74) is 5.00. The summed E-state index contributed by atoms with van der Waals surface area (Å²) in [6.45, 7) is 2.37. The molecule has 6 rings (SSSR count). The first-order valence-electron chi connectivity index (χ1n) is 12.1. The number of furan rings is 1. The van der Waals surface area contributed by atoms with Crippen LogP contribution in [-0.4, -0.2) is 29.8 Å². The van der Waals surface area contributed by atoms with Crippen molar-refractivity contribution in [2.75, 3.05) is 29.9 Å². The van der Waals surface area contributed by atoms with Crippen LogP contribution in [0.25, 0.3) is 0 Å². The number of nitrogens with one attached hydrogen (secondary N) is 2. The molecule has 4 aromatic rings. The third-order valence-corrected chi connectivity index (χ3v) is 6.66. The summed E-state index contributed by atoms with van der Waals surface area (Å²) in [6, 6.07) is 19.5. The van der Waals surface area contributed by atoms with Gasteiger partial charge >= 0.3 is 0 Å². The number of rotatable bonds is 6. The Morgan fingerprint density at radius 2 is 1.97 bits per heavy atom. The zero-order chi connectivity index (χ0) is 24.5. The molecule has 4 heterocycles. The van der Waals surface area contributed by atoms with Crippen LogP contribution in [0.4, 0.5) is 11.4 Å². The lowest BCUT2D eigenvalue weighted by Crippen LogP contribution is -2.39. The van der Waals surface area contributed by atoms with E-state index in [1.165, 1.54) is 0 Å². The highest BCUT2D eigenvalue weighted by Gasteiger charge is 2.28. The molecule has 0 aliphatic carbocycles. The van der Waals surface area contributed by atoms with E-state index >= 15 is 0 Å². The number of para-hydroxylation sites is 1. The normalized spacial score (nSPS) is 16.7. The molecule has 184 valence electrons. The van der Waals surface area contributed by atoms with Gasteiger partial charge in [0.2, 0.25) is 5.56 Å². The van der Waals surface area contributed by atoms with E-state index in [4.69, 9.17) is 13.9 Å². The van der Waals surface area contributed by atoms with E-state index in [1.807, 2.05) is 24.3 Å². The van der Waals surface area contributed by atoms with Crippen LogP contribution in [0.3, 0.4) is 0 Å². The zero-order valence-corrected chi connectivity index (χ0v) is 19.7. The maximum Gasteiger partial charge on any atom is 0.249 e. The van der Waals surface area contributed by atoms with Crippen molar-refractivity contribution in [2.45, 2.75) is 25.7 Å². The highest BCUT2D eigenvalue weighted by atomic mass is 16.5. The van der Waals surface area contributed by atoms with Gasteiger partial charge in [0, 0.05) is 54.3 Å². The van der Waals surface area contributed by atoms with Crippen LogP contribution in [0.2, 0.25) is 0 Å². The Bertz CT molecular complexity index is 1440.